The standard InChI is InChI=1S/C14H10F3NO3/c1-21-13(20)10-6-7-18-12(19)11(10)8-2-4-9(5-3-8)14(15,16)17/h2-7H,1H3,(H,18,19). The van der Waals surface area contributed by atoms with Gasteiger partial charge in [-0.3, -0.25) is 4.79 Å². The van der Waals surface area contributed by atoms with Gasteiger partial charge in [0, 0.05) is 6.20 Å². The molecule has 0 unspecified atom stereocenters. The normalized spacial score (nSPS) is 11.2. The number of ether oxygens (including phenoxy) is 1. The van der Waals surface area contributed by atoms with Gasteiger partial charge in [0.05, 0.1) is 23.8 Å². The molecule has 1 aromatic heterocycles. The van der Waals surface area contributed by atoms with Gasteiger partial charge in [-0.2, -0.15) is 13.2 Å². The van der Waals surface area contributed by atoms with Crippen molar-refractivity contribution in [2.75, 3.05) is 7.11 Å². The first-order valence-corrected chi connectivity index (χ1v) is 5.82. The number of nitrogens with one attached hydrogen (secondary N) is 1. The first-order valence-electron chi connectivity index (χ1n) is 5.82. The zero-order valence-electron chi connectivity index (χ0n) is 10.8. The average Bonchev–Trinajstić information content (AvgIpc) is 2.45. The number of hydrogen-bond acceptors (Lipinski definition) is 3. The number of aromatic amines is 1. The highest BCUT2D eigenvalue weighted by atomic mass is 19.4. The molecule has 0 atom stereocenters. The lowest BCUT2D eigenvalue weighted by Crippen LogP contribution is -2.15. The van der Waals surface area contributed by atoms with Crippen molar-refractivity contribution in [2.24, 2.45) is 0 Å². The number of hydrogen-bond donors (Lipinski definition) is 1. The van der Waals surface area contributed by atoms with Gasteiger partial charge in [0.25, 0.3) is 5.56 Å². The van der Waals surface area contributed by atoms with E-state index >= 15 is 0 Å². The second-order valence-corrected chi connectivity index (χ2v) is 4.16. The molecule has 1 N–H and O–H groups in total. The number of carbonyl (C=O) groups is 1. The van der Waals surface area contributed by atoms with E-state index in [4.69, 9.17) is 0 Å². The van der Waals surface area contributed by atoms with Crippen molar-refractivity contribution in [3.8, 4) is 11.1 Å². The number of esters is 1. The first-order chi connectivity index (χ1) is 9.84. The molecule has 2 aromatic rings. The Morgan fingerprint density at radius 3 is 2.29 bits per heavy atom. The van der Waals surface area contributed by atoms with Gasteiger partial charge in [0.1, 0.15) is 0 Å². The van der Waals surface area contributed by atoms with Crippen LogP contribution in [0.5, 0.6) is 0 Å². The molecule has 2 rings (SSSR count). The van der Waals surface area contributed by atoms with Gasteiger partial charge in [0.2, 0.25) is 0 Å². The number of methoxy groups -OCH3 is 1. The van der Waals surface area contributed by atoms with E-state index in [-0.39, 0.29) is 16.7 Å². The Hall–Kier alpha value is -2.57. The second-order valence-electron chi connectivity index (χ2n) is 4.16. The van der Waals surface area contributed by atoms with Gasteiger partial charge in [-0.25, -0.2) is 4.79 Å². The van der Waals surface area contributed by atoms with E-state index in [2.05, 4.69) is 9.72 Å². The molecule has 1 heterocycles. The highest BCUT2D eigenvalue weighted by molar-refractivity contribution is 5.96. The van der Waals surface area contributed by atoms with Crippen LogP contribution in [0, 0.1) is 0 Å². The average molecular weight is 297 g/mol. The number of pyridine rings is 1. The molecule has 110 valence electrons. The summed E-state index contributed by atoms with van der Waals surface area (Å²) in [6.07, 6.45) is -3.20. The molecule has 0 aliphatic heterocycles. The van der Waals surface area contributed by atoms with Crippen molar-refractivity contribution in [3.63, 3.8) is 0 Å². The summed E-state index contributed by atoms with van der Waals surface area (Å²) in [7, 11) is 1.15. The fourth-order valence-corrected chi connectivity index (χ4v) is 1.87. The van der Waals surface area contributed by atoms with Crippen molar-refractivity contribution in [1.82, 2.24) is 4.98 Å². The molecule has 0 fully saturated rings. The Balaban J connectivity index is 2.57. The lowest BCUT2D eigenvalue weighted by molar-refractivity contribution is -0.137. The molecule has 0 aliphatic carbocycles. The maximum absolute atomic E-state index is 12.5. The Labute approximate surface area is 117 Å². The molecule has 0 amide bonds. The number of rotatable bonds is 2. The molecule has 0 radical (unpaired) electrons. The number of H-pyrrole nitrogens is 1. The van der Waals surface area contributed by atoms with Crippen molar-refractivity contribution in [2.45, 2.75) is 6.18 Å². The van der Waals surface area contributed by atoms with Crippen molar-refractivity contribution < 1.29 is 22.7 Å². The highest BCUT2D eigenvalue weighted by Crippen LogP contribution is 2.31. The minimum Gasteiger partial charge on any atom is -0.465 e. The molecule has 0 saturated heterocycles. The Morgan fingerprint density at radius 1 is 1.14 bits per heavy atom. The van der Waals surface area contributed by atoms with Crippen LogP contribution in [0.2, 0.25) is 0 Å². The molecular weight excluding hydrogens is 287 g/mol. The number of benzene rings is 1. The van der Waals surface area contributed by atoms with E-state index < -0.39 is 23.3 Å². The van der Waals surface area contributed by atoms with Crippen LogP contribution in [0.4, 0.5) is 13.2 Å². The summed E-state index contributed by atoms with van der Waals surface area (Å²) in [5.74, 6) is -0.740. The molecular formula is C14H10F3NO3. The summed E-state index contributed by atoms with van der Waals surface area (Å²) < 4.78 is 42.1. The largest absolute Gasteiger partial charge is 0.465 e. The summed E-state index contributed by atoms with van der Waals surface area (Å²) in [5.41, 5.74) is -1.26. The topological polar surface area (TPSA) is 59.2 Å². The summed E-state index contributed by atoms with van der Waals surface area (Å²) in [5, 5.41) is 0. The minimum absolute atomic E-state index is 0.0130. The van der Waals surface area contributed by atoms with E-state index in [1.54, 1.807) is 0 Å². The number of aromatic nitrogens is 1. The molecule has 0 bridgehead atoms. The van der Waals surface area contributed by atoms with E-state index in [9.17, 15) is 22.8 Å². The van der Waals surface area contributed by atoms with Crippen LogP contribution in [0.25, 0.3) is 11.1 Å². The Kier molecular flexibility index (Phi) is 3.84. The second kappa shape index (κ2) is 5.43. The van der Waals surface area contributed by atoms with Gasteiger partial charge in [0.15, 0.2) is 0 Å². The third kappa shape index (κ3) is 2.96. The third-order valence-corrected chi connectivity index (χ3v) is 2.87. The molecule has 21 heavy (non-hydrogen) atoms. The fraction of sp³-hybridized carbons (Fsp3) is 0.143. The van der Waals surface area contributed by atoms with Gasteiger partial charge in [-0.1, -0.05) is 12.1 Å². The Bertz CT molecular complexity index is 717. The third-order valence-electron chi connectivity index (χ3n) is 2.87. The van der Waals surface area contributed by atoms with Crippen molar-refractivity contribution >= 4 is 5.97 Å². The molecule has 0 spiro atoms. The molecule has 1 aromatic carbocycles. The van der Waals surface area contributed by atoms with Crippen LogP contribution >= 0.6 is 0 Å². The molecule has 7 heteroatoms. The summed E-state index contributed by atoms with van der Waals surface area (Å²) in [6, 6.07) is 5.31. The summed E-state index contributed by atoms with van der Waals surface area (Å²) >= 11 is 0. The number of halogens is 3. The lowest BCUT2D eigenvalue weighted by Gasteiger charge is -2.09. The van der Waals surface area contributed by atoms with Crippen LogP contribution in [0.15, 0.2) is 41.3 Å². The van der Waals surface area contributed by atoms with Crippen LogP contribution in [-0.2, 0) is 10.9 Å². The summed E-state index contributed by atoms with van der Waals surface area (Å²) in [6.45, 7) is 0. The minimum atomic E-state index is -4.47. The Morgan fingerprint density at radius 2 is 1.76 bits per heavy atom. The lowest BCUT2D eigenvalue weighted by atomic mass is 10.0. The molecule has 4 nitrogen and oxygen atoms in total. The zero-order chi connectivity index (χ0) is 15.6. The smallest absolute Gasteiger partial charge is 0.416 e. The first kappa shape index (κ1) is 14.8. The quantitative estimate of drug-likeness (QED) is 0.867. The zero-order valence-corrected chi connectivity index (χ0v) is 10.8. The van der Waals surface area contributed by atoms with Crippen LogP contribution < -0.4 is 5.56 Å². The molecule has 0 saturated carbocycles. The maximum Gasteiger partial charge on any atom is 0.416 e. The monoisotopic (exact) mass is 297 g/mol. The maximum atomic E-state index is 12.5. The highest BCUT2D eigenvalue weighted by Gasteiger charge is 2.30. The fourth-order valence-electron chi connectivity index (χ4n) is 1.87. The predicted molar refractivity (Wildman–Crippen MR) is 68.8 cm³/mol. The van der Waals surface area contributed by atoms with Gasteiger partial charge >= 0.3 is 12.1 Å². The molecule has 0 aliphatic rings. The van der Waals surface area contributed by atoms with Gasteiger partial charge < -0.3 is 9.72 Å². The van der Waals surface area contributed by atoms with Crippen molar-refractivity contribution in [3.05, 3.63) is 58.0 Å². The number of carbonyl (C=O) groups excluding carboxylic acids is 1. The van der Waals surface area contributed by atoms with Crippen molar-refractivity contribution in [1.29, 1.82) is 0 Å². The predicted octanol–water partition coefficient (Wildman–Crippen LogP) is 2.85. The van der Waals surface area contributed by atoms with Crippen LogP contribution in [0.1, 0.15) is 15.9 Å². The van der Waals surface area contributed by atoms with E-state index in [0.29, 0.717) is 0 Å². The van der Waals surface area contributed by atoms with Gasteiger partial charge in [-0.05, 0) is 23.8 Å². The SMILES string of the molecule is COC(=O)c1cc[nH]c(=O)c1-c1ccc(C(F)(F)F)cc1. The van der Waals surface area contributed by atoms with Gasteiger partial charge in [-0.15, -0.1) is 0 Å². The summed E-state index contributed by atoms with van der Waals surface area (Å²) in [4.78, 5) is 25.9. The van der Waals surface area contributed by atoms with E-state index in [0.717, 1.165) is 31.4 Å². The van der Waals surface area contributed by atoms with E-state index in [1.165, 1.54) is 12.3 Å². The van der Waals surface area contributed by atoms with Crippen LogP contribution in [-0.4, -0.2) is 18.1 Å². The number of alkyl halides is 3. The van der Waals surface area contributed by atoms with Crippen LogP contribution in [0.3, 0.4) is 0 Å². The van der Waals surface area contributed by atoms with E-state index in [1.807, 2.05) is 0 Å².